The highest BCUT2D eigenvalue weighted by Crippen LogP contribution is 2.26. The van der Waals surface area contributed by atoms with Gasteiger partial charge >= 0.3 is 0 Å². The molecule has 0 aliphatic rings. The highest BCUT2D eigenvalue weighted by atomic mass is 28.4. The lowest BCUT2D eigenvalue weighted by Crippen LogP contribution is -2.50. The van der Waals surface area contributed by atoms with E-state index in [9.17, 15) is 0 Å². The molecule has 2 N–H and O–H groups in total. The van der Waals surface area contributed by atoms with Crippen molar-refractivity contribution in [3.8, 4) is 33.8 Å². The second-order valence-electron chi connectivity index (χ2n) is 11.4. The second-order valence-corrected chi connectivity index (χ2v) is 20.3. The molecular weight excluding hydrogens is 601 g/mol. The Morgan fingerprint density at radius 2 is 0.848 bits per heavy atom. The Balaban J connectivity index is 0.000000316. The molecule has 0 saturated carbocycles. The third-order valence-electron chi connectivity index (χ3n) is 9.15. The van der Waals surface area contributed by atoms with Crippen molar-refractivity contribution in [3.05, 3.63) is 122 Å². The molecule has 4 aromatic carbocycles. The van der Waals surface area contributed by atoms with Crippen molar-refractivity contribution < 1.29 is 19.4 Å². The van der Waals surface area contributed by atoms with Gasteiger partial charge in [-0.1, -0.05) is 129 Å². The van der Waals surface area contributed by atoms with E-state index in [0.717, 1.165) is 23.6 Å². The van der Waals surface area contributed by atoms with Crippen LogP contribution < -0.4 is 19.8 Å². The van der Waals surface area contributed by atoms with Gasteiger partial charge in [0.15, 0.2) is 0 Å². The van der Waals surface area contributed by atoms with Gasteiger partial charge in [-0.15, -0.1) is 13.2 Å². The highest BCUT2D eigenvalue weighted by molar-refractivity contribution is 6.91. The molecule has 0 aliphatic heterocycles. The number of benzene rings is 4. The first-order chi connectivity index (χ1) is 21.9. The van der Waals surface area contributed by atoms with Crippen molar-refractivity contribution in [1.29, 1.82) is 0 Å². The molecule has 4 aromatic rings. The van der Waals surface area contributed by atoms with Crippen LogP contribution in [0.15, 0.2) is 122 Å². The van der Waals surface area contributed by atoms with Gasteiger partial charge < -0.3 is 19.4 Å². The summed E-state index contributed by atoms with van der Waals surface area (Å²) in [5.74, 6) is 1.78. The SMILES string of the molecule is C=CC[Si](CC=C)(OCC)c1ccc(-c2ccc(OC)cc2)cc1.CC[Si](CC)(CC)c1ccc(-c2ccc(OC)cc2)cc1.O. The molecule has 0 bridgehead atoms. The molecule has 6 heteroatoms. The van der Waals surface area contributed by atoms with E-state index < -0.39 is 16.4 Å². The maximum atomic E-state index is 6.25. The predicted octanol–water partition coefficient (Wildman–Crippen LogP) is 9.18. The molecule has 46 heavy (non-hydrogen) atoms. The highest BCUT2D eigenvalue weighted by Gasteiger charge is 2.34. The summed E-state index contributed by atoms with van der Waals surface area (Å²) >= 11 is 0. The van der Waals surface area contributed by atoms with Gasteiger partial charge in [0.25, 0.3) is 0 Å². The fraction of sp³-hybridized carbons (Fsp3) is 0.300. The van der Waals surface area contributed by atoms with Crippen LogP contribution in [0.25, 0.3) is 22.3 Å². The molecule has 0 aliphatic carbocycles. The standard InChI is InChI=1S/C21H26O2Si.C19H26OSi.H2O/c1-5-16-24(17-6-2,23-7-3)21-14-10-19(11-15-21)18-8-12-20(22-4)13-9-18;1-5-21(6-2,7-3)19-14-10-17(11-15-19)16-8-12-18(20-4)13-9-16;/h5-6,8-15H,1-2,7,16-17H2,3-4H3;8-15H,5-7H2,1-4H3;1H2. The molecule has 0 radical (unpaired) electrons. The van der Waals surface area contributed by atoms with Gasteiger partial charge in [0.2, 0.25) is 8.32 Å². The van der Waals surface area contributed by atoms with Crippen molar-refractivity contribution in [2.75, 3.05) is 20.8 Å². The van der Waals surface area contributed by atoms with Gasteiger partial charge in [-0.3, -0.25) is 0 Å². The summed E-state index contributed by atoms with van der Waals surface area (Å²) in [6, 6.07) is 40.2. The third-order valence-corrected chi connectivity index (χ3v) is 18.9. The minimum Gasteiger partial charge on any atom is -0.497 e. The van der Waals surface area contributed by atoms with Crippen LogP contribution in [0.5, 0.6) is 11.5 Å². The van der Waals surface area contributed by atoms with Crippen LogP contribution in [0.3, 0.4) is 0 Å². The van der Waals surface area contributed by atoms with Crippen molar-refractivity contribution in [2.45, 2.75) is 57.9 Å². The van der Waals surface area contributed by atoms with E-state index in [4.69, 9.17) is 13.9 Å². The van der Waals surface area contributed by atoms with E-state index in [1.807, 2.05) is 36.4 Å². The molecular formula is C40H54O4Si2. The first-order valence-corrected chi connectivity index (χ1v) is 21.2. The summed E-state index contributed by atoms with van der Waals surface area (Å²) in [7, 11) is 0.0657. The number of ether oxygens (including phenoxy) is 2. The van der Waals surface area contributed by atoms with E-state index in [1.54, 1.807) is 19.4 Å². The summed E-state index contributed by atoms with van der Waals surface area (Å²) in [4.78, 5) is 0. The van der Waals surface area contributed by atoms with Crippen LogP contribution in [-0.4, -0.2) is 42.7 Å². The maximum absolute atomic E-state index is 6.25. The molecule has 0 saturated heterocycles. The van der Waals surface area contributed by atoms with E-state index in [-0.39, 0.29) is 5.48 Å². The van der Waals surface area contributed by atoms with E-state index >= 15 is 0 Å². The molecule has 4 nitrogen and oxygen atoms in total. The largest absolute Gasteiger partial charge is 0.497 e. The molecule has 0 atom stereocenters. The normalized spacial score (nSPS) is 11.0. The fourth-order valence-corrected chi connectivity index (χ4v) is 13.1. The Bertz CT molecular complexity index is 1430. The Kier molecular flexibility index (Phi) is 16.0. The molecule has 246 valence electrons. The molecule has 0 fully saturated rings. The van der Waals surface area contributed by atoms with Gasteiger partial charge in [0, 0.05) is 6.61 Å². The molecule has 0 aromatic heterocycles. The minimum absolute atomic E-state index is 0. The average Bonchev–Trinajstić information content (AvgIpc) is 3.10. The van der Waals surface area contributed by atoms with E-state index in [1.165, 1.54) is 45.6 Å². The van der Waals surface area contributed by atoms with Gasteiger partial charge in [-0.25, -0.2) is 0 Å². The fourth-order valence-electron chi connectivity index (χ4n) is 6.17. The lowest BCUT2D eigenvalue weighted by atomic mass is 10.1. The van der Waals surface area contributed by atoms with Gasteiger partial charge in [0.1, 0.15) is 11.5 Å². The van der Waals surface area contributed by atoms with Crippen LogP contribution in [-0.2, 0) is 4.43 Å². The monoisotopic (exact) mass is 654 g/mol. The second kappa shape index (κ2) is 19.1. The molecule has 0 spiro atoms. The number of hydrogen-bond acceptors (Lipinski definition) is 3. The van der Waals surface area contributed by atoms with Gasteiger partial charge in [-0.2, -0.15) is 0 Å². The zero-order chi connectivity index (χ0) is 32.7. The predicted molar refractivity (Wildman–Crippen MR) is 204 cm³/mol. The van der Waals surface area contributed by atoms with E-state index in [2.05, 4.69) is 114 Å². The number of hydrogen-bond donors (Lipinski definition) is 0. The van der Waals surface area contributed by atoms with Gasteiger partial charge in [-0.05, 0) is 70.7 Å². The minimum atomic E-state index is -2.07. The van der Waals surface area contributed by atoms with Crippen LogP contribution in [0.4, 0.5) is 0 Å². The first-order valence-electron chi connectivity index (χ1n) is 16.2. The van der Waals surface area contributed by atoms with Crippen molar-refractivity contribution in [2.24, 2.45) is 0 Å². The Labute approximate surface area is 280 Å². The molecule has 4 rings (SSSR count). The van der Waals surface area contributed by atoms with Gasteiger partial charge in [0.05, 0.1) is 22.3 Å². The lowest BCUT2D eigenvalue weighted by molar-refractivity contribution is 0.333. The van der Waals surface area contributed by atoms with Crippen LogP contribution in [0.2, 0.25) is 30.2 Å². The third kappa shape index (κ3) is 9.42. The summed E-state index contributed by atoms with van der Waals surface area (Å²) in [6.07, 6.45) is 3.95. The summed E-state index contributed by atoms with van der Waals surface area (Å²) in [5, 5.41) is 2.90. The molecule has 0 unspecified atom stereocenters. The van der Waals surface area contributed by atoms with Crippen LogP contribution >= 0.6 is 0 Å². The Morgan fingerprint density at radius 3 is 1.13 bits per heavy atom. The van der Waals surface area contributed by atoms with Crippen LogP contribution in [0.1, 0.15) is 27.7 Å². The van der Waals surface area contributed by atoms with Crippen molar-refractivity contribution >= 4 is 26.8 Å². The smallest absolute Gasteiger partial charge is 0.231 e. The Morgan fingerprint density at radius 1 is 0.522 bits per heavy atom. The zero-order valence-electron chi connectivity index (χ0n) is 28.8. The van der Waals surface area contributed by atoms with E-state index in [0.29, 0.717) is 6.61 Å². The quantitative estimate of drug-likeness (QED) is 0.0949. The maximum Gasteiger partial charge on any atom is 0.231 e. The number of methoxy groups -OCH3 is 2. The number of rotatable bonds is 15. The van der Waals surface area contributed by atoms with Crippen LogP contribution in [0, 0.1) is 0 Å². The molecule has 0 heterocycles. The number of allylic oxidation sites excluding steroid dienone is 2. The summed E-state index contributed by atoms with van der Waals surface area (Å²) in [6.45, 7) is 17.7. The van der Waals surface area contributed by atoms with Crippen molar-refractivity contribution in [3.63, 3.8) is 0 Å². The molecule has 0 amide bonds. The van der Waals surface area contributed by atoms with Crippen molar-refractivity contribution in [1.82, 2.24) is 0 Å². The average molecular weight is 655 g/mol. The summed E-state index contributed by atoms with van der Waals surface area (Å²) < 4.78 is 16.7. The topological polar surface area (TPSA) is 59.2 Å². The summed E-state index contributed by atoms with van der Waals surface area (Å²) in [5.41, 5.74) is 4.91. The Hall–Kier alpha value is -3.69. The zero-order valence-corrected chi connectivity index (χ0v) is 30.8. The lowest BCUT2D eigenvalue weighted by Gasteiger charge is -2.29. The first kappa shape index (κ1) is 38.5.